The number of benzene rings is 1. The van der Waals surface area contributed by atoms with Crippen LogP contribution in [0.5, 0.6) is 0 Å². The van der Waals surface area contributed by atoms with Crippen LogP contribution in [-0.2, 0) is 6.54 Å². The van der Waals surface area contributed by atoms with Crippen LogP contribution >= 0.6 is 11.6 Å². The molecule has 1 aliphatic rings. The van der Waals surface area contributed by atoms with Crippen LogP contribution in [0.2, 0.25) is 5.02 Å². The average Bonchev–Trinajstić information content (AvgIpc) is 2.38. The first-order chi connectivity index (χ1) is 8.77. The highest BCUT2D eigenvalue weighted by Crippen LogP contribution is 2.17. The van der Waals surface area contributed by atoms with Crippen molar-refractivity contribution in [3.8, 4) is 0 Å². The number of hydrogen-bond donors (Lipinski definition) is 1. The van der Waals surface area contributed by atoms with Gasteiger partial charge in [-0.2, -0.15) is 0 Å². The highest BCUT2D eigenvalue weighted by atomic mass is 35.5. The van der Waals surface area contributed by atoms with Gasteiger partial charge in [0, 0.05) is 17.6 Å². The molecular formula is C15H23ClN2. The number of rotatable bonds is 5. The first kappa shape index (κ1) is 13.9. The second-order valence-corrected chi connectivity index (χ2v) is 5.59. The molecule has 0 aliphatic carbocycles. The maximum atomic E-state index is 6.13. The van der Waals surface area contributed by atoms with Crippen molar-refractivity contribution >= 4 is 11.6 Å². The van der Waals surface area contributed by atoms with Crippen LogP contribution in [0.25, 0.3) is 0 Å². The van der Waals surface area contributed by atoms with Gasteiger partial charge in [-0.1, -0.05) is 36.2 Å². The van der Waals surface area contributed by atoms with E-state index in [1.165, 1.54) is 37.8 Å². The average molecular weight is 267 g/mol. The number of nitrogens with zero attached hydrogens (tertiary/aromatic N) is 1. The van der Waals surface area contributed by atoms with Crippen molar-refractivity contribution in [2.75, 3.05) is 20.1 Å². The van der Waals surface area contributed by atoms with Crippen LogP contribution in [0, 0.1) is 0 Å². The largest absolute Gasteiger partial charge is 0.313 e. The Labute approximate surface area is 115 Å². The summed E-state index contributed by atoms with van der Waals surface area (Å²) in [4.78, 5) is 2.50. The Hall–Kier alpha value is -0.570. The molecular weight excluding hydrogens is 244 g/mol. The second-order valence-electron chi connectivity index (χ2n) is 5.19. The fourth-order valence-corrected chi connectivity index (χ4v) is 2.84. The molecule has 0 radical (unpaired) electrons. The molecule has 1 atom stereocenters. The monoisotopic (exact) mass is 266 g/mol. The second kappa shape index (κ2) is 7.13. The minimum Gasteiger partial charge on any atom is -0.313 e. The molecule has 3 heteroatoms. The van der Waals surface area contributed by atoms with E-state index in [0.717, 1.165) is 24.2 Å². The molecule has 18 heavy (non-hydrogen) atoms. The molecule has 0 aromatic heterocycles. The number of hydrogen-bond acceptors (Lipinski definition) is 2. The van der Waals surface area contributed by atoms with Crippen LogP contribution < -0.4 is 5.32 Å². The molecule has 1 aromatic carbocycles. The summed E-state index contributed by atoms with van der Waals surface area (Å²) in [6, 6.07) is 8.81. The molecule has 1 N–H and O–H groups in total. The Morgan fingerprint density at radius 3 is 2.94 bits per heavy atom. The minimum absolute atomic E-state index is 0.762. The standard InChI is InChI=1S/C15H23ClN2/c1-18-11-5-4-7-14(18)9-10-17-12-13-6-2-3-8-15(13)16/h2-3,6,8,14,17H,4-5,7,9-12H2,1H3. The van der Waals surface area contributed by atoms with Gasteiger partial charge in [-0.25, -0.2) is 0 Å². The Morgan fingerprint density at radius 2 is 2.17 bits per heavy atom. The molecule has 2 nitrogen and oxygen atoms in total. The predicted octanol–water partition coefficient (Wildman–Crippen LogP) is 3.30. The lowest BCUT2D eigenvalue weighted by molar-refractivity contribution is 0.175. The zero-order chi connectivity index (χ0) is 12.8. The summed E-state index contributed by atoms with van der Waals surface area (Å²) in [7, 11) is 2.25. The van der Waals surface area contributed by atoms with Crippen LogP contribution in [0.4, 0.5) is 0 Å². The highest BCUT2D eigenvalue weighted by molar-refractivity contribution is 6.31. The van der Waals surface area contributed by atoms with E-state index in [1.807, 2.05) is 18.2 Å². The van der Waals surface area contributed by atoms with Gasteiger partial charge >= 0.3 is 0 Å². The van der Waals surface area contributed by atoms with E-state index in [0.29, 0.717) is 0 Å². The Balaban J connectivity index is 1.68. The number of halogens is 1. The molecule has 1 heterocycles. The fourth-order valence-electron chi connectivity index (χ4n) is 2.64. The first-order valence-corrected chi connectivity index (χ1v) is 7.29. The molecule has 1 unspecified atom stereocenters. The predicted molar refractivity (Wildman–Crippen MR) is 78.0 cm³/mol. The molecule has 100 valence electrons. The van der Waals surface area contributed by atoms with Crippen LogP contribution in [0.3, 0.4) is 0 Å². The summed E-state index contributed by atoms with van der Waals surface area (Å²) in [6.45, 7) is 3.20. The number of likely N-dealkylation sites (tertiary alicyclic amines) is 1. The molecule has 0 spiro atoms. The third-order valence-corrected chi connectivity index (χ3v) is 4.22. The van der Waals surface area contributed by atoms with Crippen molar-refractivity contribution in [3.05, 3.63) is 34.9 Å². The van der Waals surface area contributed by atoms with Gasteiger partial charge in [0.1, 0.15) is 0 Å². The topological polar surface area (TPSA) is 15.3 Å². The van der Waals surface area contributed by atoms with E-state index in [1.54, 1.807) is 0 Å². The summed E-state index contributed by atoms with van der Waals surface area (Å²) < 4.78 is 0. The molecule has 1 aliphatic heterocycles. The lowest BCUT2D eigenvalue weighted by Gasteiger charge is -2.32. The van der Waals surface area contributed by atoms with Gasteiger partial charge in [0.2, 0.25) is 0 Å². The summed E-state index contributed by atoms with van der Waals surface area (Å²) in [5.41, 5.74) is 1.19. The third kappa shape index (κ3) is 3.98. The van der Waals surface area contributed by atoms with Gasteiger partial charge in [0.25, 0.3) is 0 Å². The normalized spacial score (nSPS) is 21.1. The molecule has 0 saturated carbocycles. The summed E-state index contributed by atoms with van der Waals surface area (Å²) in [5.74, 6) is 0. The molecule has 2 rings (SSSR count). The first-order valence-electron chi connectivity index (χ1n) is 6.92. The lowest BCUT2D eigenvalue weighted by atomic mass is 10.0. The van der Waals surface area contributed by atoms with Crippen molar-refractivity contribution in [2.24, 2.45) is 0 Å². The third-order valence-electron chi connectivity index (χ3n) is 3.85. The SMILES string of the molecule is CN1CCCCC1CCNCc1ccccc1Cl. The van der Waals surface area contributed by atoms with Crippen LogP contribution in [0.15, 0.2) is 24.3 Å². The van der Waals surface area contributed by atoms with Crippen molar-refractivity contribution in [1.82, 2.24) is 10.2 Å². The van der Waals surface area contributed by atoms with E-state index in [9.17, 15) is 0 Å². The summed E-state index contributed by atoms with van der Waals surface area (Å²) >= 11 is 6.13. The Kier molecular flexibility index (Phi) is 5.48. The van der Waals surface area contributed by atoms with Crippen molar-refractivity contribution in [3.63, 3.8) is 0 Å². The lowest BCUT2D eigenvalue weighted by Crippen LogP contribution is -2.38. The van der Waals surface area contributed by atoms with E-state index in [2.05, 4.69) is 23.3 Å². The number of nitrogens with one attached hydrogen (secondary N) is 1. The van der Waals surface area contributed by atoms with E-state index >= 15 is 0 Å². The molecule has 1 aromatic rings. The summed E-state index contributed by atoms with van der Waals surface area (Å²) in [5, 5.41) is 4.36. The van der Waals surface area contributed by atoms with Crippen molar-refractivity contribution in [2.45, 2.75) is 38.3 Å². The van der Waals surface area contributed by atoms with Gasteiger partial charge < -0.3 is 10.2 Å². The molecule has 1 saturated heterocycles. The van der Waals surface area contributed by atoms with Crippen LogP contribution in [0.1, 0.15) is 31.2 Å². The highest BCUT2D eigenvalue weighted by Gasteiger charge is 2.17. The maximum Gasteiger partial charge on any atom is 0.0450 e. The van der Waals surface area contributed by atoms with Crippen LogP contribution in [-0.4, -0.2) is 31.1 Å². The maximum absolute atomic E-state index is 6.13. The molecule has 0 bridgehead atoms. The fraction of sp³-hybridized carbons (Fsp3) is 0.600. The van der Waals surface area contributed by atoms with E-state index in [4.69, 9.17) is 11.6 Å². The van der Waals surface area contributed by atoms with Gasteiger partial charge in [-0.3, -0.25) is 0 Å². The van der Waals surface area contributed by atoms with Gasteiger partial charge in [0.15, 0.2) is 0 Å². The Morgan fingerprint density at radius 1 is 1.33 bits per heavy atom. The summed E-state index contributed by atoms with van der Waals surface area (Å²) in [6.07, 6.45) is 5.34. The zero-order valence-corrected chi connectivity index (χ0v) is 11.9. The molecule has 0 amide bonds. The minimum atomic E-state index is 0.762. The zero-order valence-electron chi connectivity index (χ0n) is 11.2. The van der Waals surface area contributed by atoms with Gasteiger partial charge in [0.05, 0.1) is 0 Å². The van der Waals surface area contributed by atoms with E-state index in [-0.39, 0.29) is 0 Å². The quantitative estimate of drug-likeness (QED) is 0.823. The van der Waals surface area contributed by atoms with Crippen molar-refractivity contribution in [1.29, 1.82) is 0 Å². The number of piperidine rings is 1. The smallest absolute Gasteiger partial charge is 0.0450 e. The Bertz CT molecular complexity index is 367. The van der Waals surface area contributed by atoms with Gasteiger partial charge in [-0.15, -0.1) is 0 Å². The van der Waals surface area contributed by atoms with Crippen molar-refractivity contribution < 1.29 is 0 Å². The van der Waals surface area contributed by atoms with E-state index < -0.39 is 0 Å². The van der Waals surface area contributed by atoms with Gasteiger partial charge in [-0.05, 0) is 51.0 Å². The molecule has 1 fully saturated rings.